The van der Waals surface area contributed by atoms with Crippen LogP contribution in [0.15, 0.2) is 38.6 Å². The van der Waals surface area contributed by atoms with Gasteiger partial charge in [-0.05, 0) is 62.6 Å². The van der Waals surface area contributed by atoms with E-state index in [9.17, 15) is 19.2 Å². The normalized spacial score (nSPS) is 33.6. The maximum Gasteiger partial charge on any atom is 0.329 e. The van der Waals surface area contributed by atoms with Crippen LogP contribution in [0.4, 0.5) is 0 Å². The average molecular weight is 578 g/mol. The number of amides is 2. The second-order valence-electron chi connectivity index (χ2n) is 10.2. The Balaban J connectivity index is 1.39. The van der Waals surface area contributed by atoms with E-state index < -0.39 is 23.8 Å². The SMILES string of the molecule is CC(C)OC(=O)C(C)N1C(=O)C2C3CC(C2C1=O)C1C(c2cccc(Br)c2)c2sc(=O)[nH]c2SC31. The zero-order valence-corrected chi connectivity index (χ0v) is 22.6. The number of nitrogens with zero attached hydrogens (tertiary/aromatic N) is 1. The van der Waals surface area contributed by atoms with Gasteiger partial charge in [0, 0.05) is 20.5 Å². The highest BCUT2D eigenvalue weighted by Gasteiger charge is 2.70. The zero-order chi connectivity index (χ0) is 24.8. The number of imide groups is 1. The summed E-state index contributed by atoms with van der Waals surface area (Å²) < 4.78 is 6.27. The minimum absolute atomic E-state index is 0.0195. The Labute approximate surface area is 219 Å². The summed E-state index contributed by atoms with van der Waals surface area (Å²) >= 11 is 6.49. The Kier molecular flexibility index (Phi) is 5.58. The van der Waals surface area contributed by atoms with Gasteiger partial charge in [-0.2, -0.15) is 0 Å². The van der Waals surface area contributed by atoms with Gasteiger partial charge in [0.05, 0.1) is 23.0 Å². The molecule has 1 saturated heterocycles. The van der Waals surface area contributed by atoms with Crippen molar-refractivity contribution < 1.29 is 19.1 Å². The molecule has 4 aliphatic rings. The molecule has 2 saturated carbocycles. The van der Waals surface area contributed by atoms with Gasteiger partial charge >= 0.3 is 10.8 Å². The topological polar surface area (TPSA) is 96.5 Å². The summed E-state index contributed by atoms with van der Waals surface area (Å²) in [7, 11) is 0. The fourth-order valence-corrected chi connectivity index (χ4v) is 10.2. The number of benzene rings is 1. The van der Waals surface area contributed by atoms with E-state index in [1.807, 2.05) is 12.1 Å². The molecule has 6 rings (SSSR count). The van der Waals surface area contributed by atoms with Gasteiger partial charge in [0.2, 0.25) is 11.8 Å². The van der Waals surface area contributed by atoms with E-state index in [1.54, 1.807) is 32.5 Å². The number of esters is 1. The molecule has 1 aromatic heterocycles. The second-order valence-corrected chi connectivity index (χ2v) is 13.3. The molecule has 0 spiro atoms. The Bertz CT molecular complexity index is 1300. The first-order valence-corrected chi connectivity index (χ1v) is 14.4. The summed E-state index contributed by atoms with van der Waals surface area (Å²) in [6.07, 6.45) is 0.497. The van der Waals surface area contributed by atoms with E-state index in [0.29, 0.717) is 0 Å². The lowest BCUT2D eigenvalue weighted by Gasteiger charge is -2.43. The summed E-state index contributed by atoms with van der Waals surface area (Å²) in [5.74, 6) is -1.71. The molecule has 2 bridgehead atoms. The molecule has 0 radical (unpaired) electrons. The summed E-state index contributed by atoms with van der Waals surface area (Å²) in [6.45, 7) is 5.08. The van der Waals surface area contributed by atoms with Crippen molar-refractivity contribution in [3.05, 3.63) is 48.8 Å². The van der Waals surface area contributed by atoms with E-state index in [-0.39, 0.29) is 51.7 Å². The number of carbonyl (C=O) groups excluding carboxylic acids is 3. The number of fused-ring (bicyclic) bond motifs is 9. The molecule has 8 unspecified atom stereocenters. The number of aromatic nitrogens is 1. The van der Waals surface area contributed by atoms with E-state index in [0.717, 1.165) is 26.4 Å². The number of thioether (sulfide) groups is 1. The van der Waals surface area contributed by atoms with Gasteiger partial charge in [-0.25, -0.2) is 4.79 Å². The monoisotopic (exact) mass is 576 g/mol. The number of likely N-dealkylation sites (tertiary alicyclic amines) is 1. The number of thiazole rings is 1. The first-order valence-electron chi connectivity index (χ1n) is 11.9. The van der Waals surface area contributed by atoms with Crippen molar-refractivity contribution in [2.24, 2.45) is 29.6 Å². The first-order chi connectivity index (χ1) is 16.7. The molecule has 8 atom stereocenters. The predicted molar refractivity (Wildman–Crippen MR) is 135 cm³/mol. The number of rotatable bonds is 4. The molecule has 2 amide bonds. The minimum atomic E-state index is -0.934. The van der Waals surface area contributed by atoms with E-state index in [1.165, 1.54) is 16.2 Å². The number of hydrogen-bond donors (Lipinski definition) is 1. The van der Waals surface area contributed by atoms with Crippen molar-refractivity contribution in [3.63, 3.8) is 0 Å². The molecule has 2 aliphatic heterocycles. The van der Waals surface area contributed by atoms with Crippen molar-refractivity contribution in [2.45, 2.75) is 55.5 Å². The fraction of sp³-hybridized carbons (Fsp3) is 0.520. The summed E-state index contributed by atoms with van der Waals surface area (Å²) in [5.41, 5.74) is 1.11. The number of ether oxygens (including phenoxy) is 1. The molecule has 7 nitrogen and oxygen atoms in total. The van der Waals surface area contributed by atoms with Crippen LogP contribution in [-0.2, 0) is 19.1 Å². The molecule has 3 fully saturated rings. The van der Waals surface area contributed by atoms with Crippen LogP contribution in [0.2, 0.25) is 0 Å². The Hall–Kier alpha value is -1.91. The number of hydrogen-bond acceptors (Lipinski definition) is 7. The lowest BCUT2D eigenvalue weighted by molar-refractivity contribution is -0.161. The van der Waals surface area contributed by atoms with Crippen LogP contribution in [0.5, 0.6) is 0 Å². The highest BCUT2D eigenvalue weighted by Crippen LogP contribution is 2.68. The molecule has 10 heteroatoms. The highest BCUT2D eigenvalue weighted by atomic mass is 79.9. The number of halogens is 1. The lowest BCUT2D eigenvalue weighted by atomic mass is 9.68. The smallest absolute Gasteiger partial charge is 0.329 e. The van der Waals surface area contributed by atoms with Crippen LogP contribution in [0.3, 0.4) is 0 Å². The maximum atomic E-state index is 13.7. The standard InChI is InChI=1S/C25H25BrN2O5S2/c1-9(2)33-24(31)10(3)28-22(29)17-13-8-14(18(17)23(28)30)19-16(13)15(11-5-4-6-12(26)7-11)20-21(34-19)27-25(32)35-20/h4-7,9-10,13-19H,8H2,1-3H3,(H,27,32). The van der Waals surface area contributed by atoms with Gasteiger partial charge in [-0.3, -0.25) is 19.3 Å². The van der Waals surface area contributed by atoms with Crippen molar-refractivity contribution in [1.82, 2.24) is 9.88 Å². The van der Waals surface area contributed by atoms with Gasteiger partial charge in [0.1, 0.15) is 6.04 Å². The molecule has 2 aromatic rings. The van der Waals surface area contributed by atoms with E-state index in [2.05, 4.69) is 33.0 Å². The third-order valence-electron chi connectivity index (χ3n) is 8.05. The molecular formula is C25H25BrN2O5S2. The molecule has 184 valence electrons. The van der Waals surface area contributed by atoms with Crippen LogP contribution < -0.4 is 4.87 Å². The average Bonchev–Trinajstić information content (AvgIpc) is 3.51. The lowest BCUT2D eigenvalue weighted by Crippen LogP contribution is -2.45. The highest BCUT2D eigenvalue weighted by molar-refractivity contribution is 9.10. The van der Waals surface area contributed by atoms with Gasteiger partial charge in [-0.1, -0.05) is 39.4 Å². The van der Waals surface area contributed by atoms with E-state index >= 15 is 0 Å². The van der Waals surface area contributed by atoms with Crippen molar-refractivity contribution in [1.29, 1.82) is 0 Å². The second kappa shape index (κ2) is 8.31. The van der Waals surface area contributed by atoms with Gasteiger partial charge in [0.15, 0.2) is 0 Å². The molecule has 1 aromatic carbocycles. The number of carbonyl (C=O) groups is 3. The van der Waals surface area contributed by atoms with Crippen molar-refractivity contribution >= 4 is 56.8 Å². The third kappa shape index (κ3) is 3.43. The van der Waals surface area contributed by atoms with Gasteiger partial charge in [-0.15, -0.1) is 11.8 Å². The number of aromatic amines is 1. The van der Waals surface area contributed by atoms with Gasteiger partial charge in [0.25, 0.3) is 0 Å². The largest absolute Gasteiger partial charge is 0.461 e. The Morgan fingerprint density at radius 1 is 1.14 bits per heavy atom. The Morgan fingerprint density at radius 2 is 1.86 bits per heavy atom. The Morgan fingerprint density at radius 3 is 2.54 bits per heavy atom. The minimum Gasteiger partial charge on any atom is -0.461 e. The number of nitrogens with one attached hydrogen (secondary N) is 1. The number of H-pyrrole nitrogens is 1. The molecule has 35 heavy (non-hydrogen) atoms. The molecular weight excluding hydrogens is 552 g/mol. The predicted octanol–water partition coefficient (Wildman–Crippen LogP) is 4.01. The van der Waals surface area contributed by atoms with Crippen LogP contribution in [0.25, 0.3) is 0 Å². The van der Waals surface area contributed by atoms with Crippen LogP contribution in [-0.4, -0.2) is 45.1 Å². The maximum absolute atomic E-state index is 13.7. The fourth-order valence-electron chi connectivity index (χ4n) is 6.93. The van der Waals surface area contributed by atoms with Gasteiger partial charge < -0.3 is 9.72 Å². The zero-order valence-electron chi connectivity index (χ0n) is 19.4. The summed E-state index contributed by atoms with van der Waals surface area (Å²) in [6, 6.07) is 7.21. The molecule has 2 aliphatic carbocycles. The molecule has 3 heterocycles. The van der Waals surface area contributed by atoms with Crippen LogP contribution in [0, 0.1) is 29.6 Å². The van der Waals surface area contributed by atoms with Crippen molar-refractivity contribution in [3.8, 4) is 0 Å². The first kappa shape index (κ1) is 23.5. The summed E-state index contributed by atoms with van der Waals surface area (Å²) in [5, 5.41) is 1.01. The molecule has 1 N–H and O–H groups in total. The van der Waals surface area contributed by atoms with Crippen LogP contribution >= 0.6 is 39.0 Å². The van der Waals surface area contributed by atoms with E-state index in [4.69, 9.17) is 4.74 Å². The van der Waals surface area contributed by atoms with Crippen LogP contribution in [0.1, 0.15) is 43.6 Å². The van der Waals surface area contributed by atoms with Crippen molar-refractivity contribution in [2.75, 3.05) is 0 Å². The third-order valence-corrected chi connectivity index (χ3v) is 11.1. The summed E-state index contributed by atoms with van der Waals surface area (Å²) in [4.78, 5) is 57.3. The quantitative estimate of drug-likeness (QED) is 0.436.